The van der Waals surface area contributed by atoms with Gasteiger partial charge in [0.1, 0.15) is 0 Å². The second-order valence-electron chi connectivity index (χ2n) is 4.24. The van der Waals surface area contributed by atoms with Crippen molar-refractivity contribution < 1.29 is 8.42 Å². The Labute approximate surface area is 114 Å². The highest BCUT2D eigenvalue weighted by Crippen LogP contribution is 2.19. The van der Waals surface area contributed by atoms with Gasteiger partial charge in [0.2, 0.25) is 0 Å². The molecule has 0 unspecified atom stereocenters. The summed E-state index contributed by atoms with van der Waals surface area (Å²) in [7, 11) is -3.06. The minimum atomic E-state index is -3.06. The first-order valence-electron chi connectivity index (χ1n) is 6.17. The van der Waals surface area contributed by atoms with Crippen LogP contribution in [0.5, 0.6) is 0 Å². The highest BCUT2D eigenvalue weighted by molar-refractivity contribution is 7.94. The molecule has 0 aromatic heterocycles. The van der Waals surface area contributed by atoms with Gasteiger partial charge in [0.05, 0.1) is 5.75 Å². The van der Waals surface area contributed by atoms with Crippen molar-refractivity contribution in [1.82, 2.24) is 0 Å². The lowest BCUT2D eigenvalue weighted by Gasteiger charge is -2.01. The van der Waals surface area contributed by atoms with Gasteiger partial charge in [-0.05, 0) is 22.8 Å². The van der Waals surface area contributed by atoms with E-state index in [2.05, 4.69) is 0 Å². The second kappa shape index (κ2) is 5.85. The first kappa shape index (κ1) is 13.6. The van der Waals surface area contributed by atoms with E-state index in [1.165, 1.54) is 5.41 Å². The van der Waals surface area contributed by atoms with Crippen molar-refractivity contribution in [1.29, 1.82) is 0 Å². The Morgan fingerprint density at radius 3 is 2.05 bits per heavy atom. The molecule has 0 aliphatic heterocycles. The lowest BCUT2D eigenvalue weighted by atomic mass is 10.0. The Bertz CT molecular complexity index is 654. The largest absolute Gasteiger partial charge is 0.224 e. The predicted octanol–water partition coefficient (Wildman–Crippen LogP) is 3.76. The van der Waals surface area contributed by atoms with Gasteiger partial charge < -0.3 is 0 Å². The standard InChI is InChI=1S/C16H16O2S/c1-2-19(17,18)13-12-14-8-10-16(11-9-14)15-6-4-3-5-7-15/h3-13H,2H2,1H3/b13-12+. The van der Waals surface area contributed by atoms with Crippen LogP contribution >= 0.6 is 0 Å². The Kier molecular flexibility index (Phi) is 4.17. The zero-order valence-corrected chi connectivity index (χ0v) is 11.6. The van der Waals surface area contributed by atoms with E-state index in [0.717, 1.165) is 16.7 Å². The third kappa shape index (κ3) is 3.80. The molecule has 0 heterocycles. The smallest absolute Gasteiger partial charge is 0.171 e. The highest BCUT2D eigenvalue weighted by atomic mass is 32.2. The van der Waals surface area contributed by atoms with Gasteiger partial charge in [-0.25, -0.2) is 8.42 Å². The summed E-state index contributed by atoms with van der Waals surface area (Å²) in [5.74, 6) is 0.131. The summed E-state index contributed by atoms with van der Waals surface area (Å²) in [6.45, 7) is 1.64. The zero-order chi connectivity index (χ0) is 13.7. The Balaban J connectivity index is 2.20. The molecule has 3 heteroatoms. The van der Waals surface area contributed by atoms with Crippen LogP contribution in [0.25, 0.3) is 17.2 Å². The summed E-state index contributed by atoms with van der Waals surface area (Å²) in [5, 5.41) is 1.27. The molecule has 0 bridgehead atoms. The molecule has 2 nitrogen and oxygen atoms in total. The molecule has 0 saturated heterocycles. The number of rotatable bonds is 4. The molecule has 2 aromatic carbocycles. The van der Waals surface area contributed by atoms with Crippen molar-refractivity contribution in [2.24, 2.45) is 0 Å². The molecule has 0 N–H and O–H groups in total. The maximum absolute atomic E-state index is 11.4. The van der Waals surface area contributed by atoms with Gasteiger partial charge in [0.25, 0.3) is 0 Å². The first-order valence-corrected chi connectivity index (χ1v) is 7.88. The van der Waals surface area contributed by atoms with Crippen LogP contribution in [0.15, 0.2) is 60.0 Å². The van der Waals surface area contributed by atoms with Crippen LogP contribution in [0, 0.1) is 0 Å². The number of benzene rings is 2. The molecule has 0 amide bonds. The average Bonchev–Trinajstić information content (AvgIpc) is 2.47. The minimum Gasteiger partial charge on any atom is -0.224 e. The van der Waals surface area contributed by atoms with Crippen molar-refractivity contribution >= 4 is 15.9 Å². The van der Waals surface area contributed by atoms with Gasteiger partial charge >= 0.3 is 0 Å². The fourth-order valence-electron chi connectivity index (χ4n) is 1.70. The van der Waals surface area contributed by atoms with E-state index in [1.54, 1.807) is 13.0 Å². The van der Waals surface area contributed by atoms with Crippen molar-refractivity contribution in [3.8, 4) is 11.1 Å². The molecule has 19 heavy (non-hydrogen) atoms. The lowest BCUT2D eigenvalue weighted by Crippen LogP contribution is -1.96. The van der Waals surface area contributed by atoms with Crippen LogP contribution in [0.1, 0.15) is 12.5 Å². The van der Waals surface area contributed by atoms with Crippen LogP contribution in [0.3, 0.4) is 0 Å². The quantitative estimate of drug-likeness (QED) is 0.849. The van der Waals surface area contributed by atoms with Gasteiger partial charge in [-0.2, -0.15) is 0 Å². The normalized spacial score (nSPS) is 11.8. The molecular formula is C16H16O2S. The summed E-state index contributed by atoms with van der Waals surface area (Å²) >= 11 is 0. The molecule has 0 radical (unpaired) electrons. The van der Waals surface area contributed by atoms with Crippen molar-refractivity contribution in [3.05, 3.63) is 65.6 Å². The monoisotopic (exact) mass is 272 g/mol. The third-order valence-corrected chi connectivity index (χ3v) is 4.24. The Morgan fingerprint density at radius 2 is 1.47 bits per heavy atom. The van der Waals surface area contributed by atoms with Crippen LogP contribution in [-0.2, 0) is 9.84 Å². The molecule has 2 rings (SSSR count). The summed E-state index contributed by atoms with van der Waals surface area (Å²) < 4.78 is 22.7. The van der Waals surface area contributed by atoms with Crippen LogP contribution in [0.2, 0.25) is 0 Å². The van der Waals surface area contributed by atoms with Crippen LogP contribution in [0.4, 0.5) is 0 Å². The molecular weight excluding hydrogens is 256 g/mol. The van der Waals surface area contributed by atoms with E-state index in [1.807, 2.05) is 54.6 Å². The number of hydrogen-bond donors (Lipinski definition) is 0. The molecule has 0 saturated carbocycles. The molecule has 0 aliphatic carbocycles. The molecule has 0 aliphatic rings. The fraction of sp³-hybridized carbons (Fsp3) is 0.125. The maximum Gasteiger partial charge on any atom is 0.171 e. The Hall–Kier alpha value is -1.87. The highest BCUT2D eigenvalue weighted by Gasteiger charge is 2.00. The summed E-state index contributed by atoms with van der Waals surface area (Å²) in [6, 6.07) is 17.9. The summed E-state index contributed by atoms with van der Waals surface area (Å²) in [4.78, 5) is 0. The van der Waals surface area contributed by atoms with Crippen LogP contribution < -0.4 is 0 Å². The van der Waals surface area contributed by atoms with Gasteiger partial charge in [-0.3, -0.25) is 0 Å². The summed E-state index contributed by atoms with van der Waals surface area (Å²) in [6.07, 6.45) is 1.63. The van der Waals surface area contributed by atoms with Gasteiger partial charge in [0, 0.05) is 5.41 Å². The maximum atomic E-state index is 11.4. The van der Waals surface area contributed by atoms with E-state index in [-0.39, 0.29) is 5.75 Å². The fourth-order valence-corrected chi connectivity index (χ4v) is 2.25. The van der Waals surface area contributed by atoms with E-state index < -0.39 is 9.84 Å². The van der Waals surface area contributed by atoms with Crippen molar-refractivity contribution in [2.75, 3.05) is 5.75 Å². The van der Waals surface area contributed by atoms with E-state index in [4.69, 9.17) is 0 Å². The number of hydrogen-bond acceptors (Lipinski definition) is 2. The van der Waals surface area contributed by atoms with Gasteiger partial charge in [-0.1, -0.05) is 61.5 Å². The summed E-state index contributed by atoms with van der Waals surface area (Å²) in [5.41, 5.74) is 3.16. The molecule has 0 atom stereocenters. The lowest BCUT2D eigenvalue weighted by molar-refractivity contribution is 0.606. The van der Waals surface area contributed by atoms with Crippen molar-refractivity contribution in [3.63, 3.8) is 0 Å². The van der Waals surface area contributed by atoms with Crippen molar-refractivity contribution in [2.45, 2.75) is 6.92 Å². The number of sulfone groups is 1. The first-order chi connectivity index (χ1) is 9.11. The Morgan fingerprint density at radius 1 is 0.895 bits per heavy atom. The van der Waals surface area contributed by atoms with Gasteiger partial charge in [0.15, 0.2) is 9.84 Å². The molecule has 2 aromatic rings. The van der Waals surface area contributed by atoms with E-state index in [9.17, 15) is 8.42 Å². The van der Waals surface area contributed by atoms with E-state index in [0.29, 0.717) is 0 Å². The van der Waals surface area contributed by atoms with Gasteiger partial charge in [-0.15, -0.1) is 0 Å². The average molecular weight is 272 g/mol. The minimum absolute atomic E-state index is 0.131. The topological polar surface area (TPSA) is 34.1 Å². The SMILES string of the molecule is CCS(=O)(=O)/C=C/c1ccc(-c2ccccc2)cc1. The second-order valence-corrected chi connectivity index (χ2v) is 6.42. The molecule has 0 fully saturated rings. The third-order valence-electron chi connectivity index (χ3n) is 2.89. The molecule has 0 spiro atoms. The van der Waals surface area contributed by atoms with Crippen LogP contribution in [-0.4, -0.2) is 14.2 Å². The van der Waals surface area contributed by atoms with E-state index >= 15 is 0 Å². The predicted molar refractivity (Wildman–Crippen MR) is 80.4 cm³/mol. The zero-order valence-electron chi connectivity index (χ0n) is 10.8. The molecule has 98 valence electrons.